The fraction of sp³-hybridized carbons (Fsp3) is 0.250. The van der Waals surface area contributed by atoms with Crippen LogP contribution in [0.5, 0.6) is 0 Å². The van der Waals surface area contributed by atoms with Crippen LogP contribution in [0.4, 0.5) is 0 Å². The van der Waals surface area contributed by atoms with Gasteiger partial charge in [0.25, 0.3) is 0 Å². The maximum Gasteiger partial charge on any atom is 0.141 e. The van der Waals surface area contributed by atoms with Gasteiger partial charge in [-0.1, -0.05) is 11.6 Å². The molecule has 0 radical (unpaired) electrons. The lowest BCUT2D eigenvalue weighted by molar-refractivity contribution is 0.790. The second-order valence-electron chi connectivity index (χ2n) is 2.89. The van der Waals surface area contributed by atoms with Crippen molar-refractivity contribution in [2.75, 3.05) is 0 Å². The van der Waals surface area contributed by atoms with Crippen LogP contribution in [0, 0.1) is 0 Å². The third-order valence-electron chi connectivity index (χ3n) is 1.83. The number of nitrogens with zero attached hydrogens (tertiary/aromatic N) is 3. The van der Waals surface area contributed by atoms with Crippen LogP contribution in [-0.2, 0) is 0 Å². The van der Waals surface area contributed by atoms with Gasteiger partial charge in [0.1, 0.15) is 17.1 Å². The molecule has 5 heteroatoms. The number of rotatable bonds is 1. The molecule has 0 spiro atoms. The summed E-state index contributed by atoms with van der Waals surface area (Å²) in [4.78, 5) is 8.22. The molecular weight excluding hydrogens is 188 g/mol. The largest absolute Gasteiger partial charge is 0.323 e. The number of halogens is 1. The summed E-state index contributed by atoms with van der Waals surface area (Å²) >= 11 is 6.03. The quantitative estimate of drug-likeness (QED) is 0.750. The average molecular weight is 197 g/mol. The van der Waals surface area contributed by atoms with Crippen molar-refractivity contribution in [3.05, 3.63) is 29.4 Å². The number of hydrogen-bond acceptors (Lipinski definition) is 3. The monoisotopic (exact) mass is 196 g/mol. The Labute approximate surface area is 80.4 Å². The van der Waals surface area contributed by atoms with E-state index in [0.29, 0.717) is 10.8 Å². The van der Waals surface area contributed by atoms with Gasteiger partial charge in [0, 0.05) is 12.2 Å². The maximum absolute atomic E-state index is 6.03. The summed E-state index contributed by atoms with van der Waals surface area (Å²) in [6.07, 6.45) is 3.29. The highest BCUT2D eigenvalue weighted by molar-refractivity contribution is 6.30. The lowest BCUT2D eigenvalue weighted by atomic mass is 10.3. The first-order valence-corrected chi connectivity index (χ1v) is 4.31. The molecule has 0 aliphatic rings. The fourth-order valence-corrected chi connectivity index (χ4v) is 1.52. The van der Waals surface area contributed by atoms with Crippen molar-refractivity contribution in [1.29, 1.82) is 0 Å². The Balaban J connectivity index is 2.74. The van der Waals surface area contributed by atoms with E-state index in [0.717, 1.165) is 5.65 Å². The molecule has 1 unspecified atom stereocenters. The molecule has 2 heterocycles. The number of nitrogens with two attached hydrogens (primary N) is 1. The van der Waals surface area contributed by atoms with Gasteiger partial charge in [0.05, 0.1) is 5.69 Å². The van der Waals surface area contributed by atoms with Gasteiger partial charge in [-0.2, -0.15) is 0 Å². The number of fused-ring (bicyclic) bond motifs is 1. The molecule has 0 aliphatic heterocycles. The van der Waals surface area contributed by atoms with Crippen LogP contribution in [0.15, 0.2) is 18.6 Å². The first kappa shape index (κ1) is 8.47. The minimum atomic E-state index is -0.160. The highest BCUT2D eigenvalue weighted by Gasteiger charge is 2.12. The molecular formula is C8H9ClN4. The van der Waals surface area contributed by atoms with E-state index < -0.39 is 0 Å². The minimum absolute atomic E-state index is 0.160. The van der Waals surface area contributed by atoms with Crippen molar-refractivity contribution in [1.82, 2.24) is 14.4 Å². The topological polar surface area (TPSA) is 56.2 Å². The lowest BCUT2D eigenvalue weighted by Crippen LogP contribution is -2.05. The normalized spacial score (nSPS) is 13.5. The summed E-state index contributed by atoms with van der Waals surface area (Å²) in [6.45, 7) is 1.85. The van der Waals surface area contributed by atoms with Gasteiger partial charge in [-0.15, -0.1) is 0 Å². The molecule has 68 valence electrons. The van der Waals surface area contributed by atoms with Gasteiger partial charge in [-0.05, 0) is 13.0 Å². The molecule has 1 atom stereocenters. The second kappa shape index (κ2) is 2.97. The zero-order chi connectivity index (χ0) is 9.42. The van der Waals surface area contributed by atoms with Crippen LogP contribution in [-0.4, -0.2) is 14.4 Å². The first-order chi connectivity index (χ1) is 6.20. The van der Waals surface area contributed by atoms with E-state index in [2.05, 4.69) is 9.97 Å². The summed E-state index contributed by atoms with van der Waals surface area (Å²) in [6, 6.07) is 1.63. The number of hydrogen-bond donors (Lipinski definition) is 1. The van der Waals surface area contributed by atoms with Crippen molar-refractivity contribution >= 4 is 17.2 Å². The predicted octanol–water partition coefficient (Wildman–Crippen LogP) is 1.40. The summed E-state index contributed by atoms with van der Waals surface area (Å²) in [5.41, 5.74) is 7.17. The molecule has 2 N–H and O–H groups in total. The molecule has 0 saturated carbocycles. The summed E-state index contributed by atoms with van der Waals surface area (Å²) < 4.78 is 1.71. The Morgan fingerprint density at radius 2 is 2.38 bits per heavy atom. The van der Waals surface area contributed by atoms with E-state index in [1.165, 1.54) is 0 Å². The Hall–Kier alpha value is -1.13. The van der Waals surface area contributed by atoms with E-state index in [-0.39, 0.29) is 6.04 Å². The van der Waals surface area contributed by atoms with Crippen molar-refractivity contribution in [2.24, 2.45) is 5.73 Å². The predicted molar refractivity (Wildman–Crippen MR) is 50.6 cm³/mol. The smallest absolute Gasteiger partial charge is 0.141 e. The highest BCUT2D eigenvalue weighted by atomic mass is 35.5. The van der Waals surface area contributed by atoms with Gasteiger partial charge in [0.2, 0.25) is 0 Å². The third-order valence-corrected chi connectivity index (χ3v) is 2.20. The highest BCUT2D eigenvalue weighted by Crippen LogP contribution is 2.21. The van der Waals surface area contributed by atoms with Crippen LogP contribution in [0.25, 0.3) is 5.65 Å². The summed E-state index contributed by atoms with van der Waals surface area (Å²) in [5, 5.41) is 0.540. The SMILES string of the molecule is CC(N)c1nc2ccncn2c1Cl. The fourth-order valence-electron chi connectivity index (χ4n) is 1.18. The first-order valence-electron chi connectivity index (χ1n) is 3.93. The molecule has 0 saturated heterocycles. The zero-order valence-electron chi connectivity index (χ0n) is 7.11. The van der Waals surface area contributed by atoms with Crippen LogP contribution >= 0.6 is 11.6 Å². The molecule has 0 aromatic carbocycles. The lowest BCUT2D eigenvalue weighted by Gasteiger charge is -1.99. The van der Waals surface area contributed by atoms with E-state index in [1.807, 2.05) is 6.92 Å². The Bertz CT molecular complexity index is 435. The molecule has 2 rings (SSSR count). The molecule has 0 bridgehead atoms. The van der Waals surface area contributed by atoms with Crippen molar-refractivity contribution in [3.63, 3.8) is 0 Å². The Morgan fingerprint density at radius 3 is 3.00 bits per heavy atom. The number of imidazole rings is 1. The Morgan fingerprint density at radius 1 is 1.62 bits per heavy atom. The third kappa shape index (κ3) is 1.28. The van der Waals surface area contributed by atoms with Gasteiger partial charge in [-0.3, -0.25) is 4.40 Å². The molecule has 0 fully saturated rings. The molecule has 2 aromatic heterocycles. The maximum atomic E-state index is 6.03. The number of aromatic nitrogens is 3. The van der Waals surface area contributed by atoms with Crippen LogP contribution in [0.1, 0.15) is 18.7 Å². The zero-order valence-corrected chi connectivity index (χ0v) is 7.86. The molecule has 0 amide bonds. The average Bonchev–Trinajstić information content (AvgIpc) is 2.45. The summed E-state index contributed by atoms with van der Waals surface area (Å²) in [5.74, 6) is 0. The minimum Gasteiger partial charge on any atom is -0.323 e. The molecule has 2 aromatic rings. The van der Waals surface area contributed by atoms with Gasteiger partial charge >= 0.3 is 0 Å². The van der Waals surface area contributed by atoms with Crippen molar-refractivity contribution < 1.29 is 0 Å². The van der Waals surface area contributed by atoms with Crippen molar-refractivity contribution in [2.45, 2.75) is 13.0 Å². The van der Waals surface area contributed by atoms with E-state index in [1.54, 1.807) is 23.0 Å². The Kier molecular flexibility index (Phi) is 1.94. The standard InChI is InChI=1S/C8H9ClN4/c1-5(10)7-8(9)13-4-11-3-2-6(13)12-7/h2-5H,10H2,1H3. The summed E-state index contributed by atoms with van der Waals surface area (Å²) in [7, 11) is 0. The van der Waals surface area contributed by atoms with Gasteiger partial charge in [0.15, 0.2) is 0 Å². The van der Waals surface area contributed by atoms with E-state index in [4.69, 9.17) is 17.3 Å². The van der Waals surface area contributed by atoms with Crippen LogP contribution in [0.3, 0.4) is 0 Å². The molecule has 0 aliphatic carbocycles. The van der Waals surface area contributed by atoms with Crippen LogP contribution < -0.4 is 5.73 Å². The van der Waals surface area contributed by atoms with E-state index >= 15 is 0 Å². The second-order valence-corrected chi connectivity index (χ2v) is 3.24. The van der Waals surface area contributed by atoms with Crippen LogP contribution in [0.2, 0.25) is 5.15 Å². The molecule has 13 heavy (non-hydrogen) atoms. The van der Waals surface area contributed by atoms with Gasteiger partial charge < -0.3 is 5.73 Å². The van der Waals surface area contributed by atoms with Gasteiger partial charge in [-0.25, -0.2) is 9.97 Å². The molecule has 4 nitrogen and oxygen atoms in total. The van der Waals surface area contributed by atoms with Crippen molar-refractivity contribution in [3.8, 4) is 0 Å². The van der Waals surface area contributed by atoms with E-state index in [9.17, 15) is 0 Å².